The molecule has 0 amide bonds. The Morgan fingerprint density at radius 2 is 1.73 bits per heavy atom. The van der Waals surface area contributed by atoms with Crippen molar-refractivity contribution in [2.75, 3.05) is 26.1 Å². The van der Waals surface area contributed by atoms with Crippen molar-refractivity contribution >= 4 is 17.3 Å². The fourth-order valence-corrected chi connectivity index (χ4v) is 2.27. The van der Waals surface area contributed by atoms with Gasteiger partial charge in [-0.1, -0.05) is 11.6 Å². The molecule has 1 N–H and O–H groups in total. The molecule has 22 heavy (non-hydrogen) atoms. The van der Waals surface area contributed by atoms with Gasteiger partial charge in [0, 0.05) is 23.3 Å². The number of rotatable bonds is 7. The highest BCUT2D eigenvalue weighted by molar-refractivity contribution is 6.31. The maximum Gasteiger partial charge on any atom is 0.162 e. The Bertz CT molecular complexity index is 614. The molecule has 0 fully saturated rings. The lowest BCUT2D eigenvalue weighted by Gasteiger charge is -2.14. The van der Waals surface area contributed by atoms with Crippen molar-refractivity contribution in [2.45, 2.75) is 13.5 Å². The van der Waals surface area contributed by atoms with E-state index in [0.717, 1.165) is 17.0 Å². The van der Waals surface area contributed by atoms with Crippen molar-refractivity contribution in [1.82, 2.24) is 0 Å². The van der Waals surface area contributed by atoms with E-state index >= 15 is 0 Å². The van der Waals surface area contributed by atoms with Crippen LogP contribution in [-0.2, 0) is 6.54 Å². The Morgan fingerprint density at radius 1 is 1.00 bits per heavy atom. The van der Waals surface area contributed by atoms with Crippen LogP contribution in [0.4, 0.5) is 5.69 Å². The summed E-state index contributed by atoms with van der Waals surface area (Å²) in [5.41, 5.74) is 1.94. The number of halogens is 1. The van der Waals surface area contributed by atoms with Gasteiger partial charge in [-0.2, -0.15) is 0 Å². The number of benzene rings is 2. The zero-order valence-corrected chi connectivity index (χ0v) is 13.7. The van der Waals surface area contributed by atoms with Gasteiger partial charge < -0.3 is 19.5 Å². The molecule has 0 spiro atoms. The molecule has 0 aliphatic rings. The van der Waals surface area contributed by atoms with Gasteiger partial charge in [0.2, 0.25) is 0 Å². The highest BCUT2D eigenvalue weighted by Crippen LogP contribution is 2.33. The molecule has 2 aromatic rings. The van der Waals surface area contributed by atoms with Gasteiger partial charge in [0.15, 0.2) is 11.5 Å². The number of methoxy groups -OCH3 is 2. The summed E-state index contributed by atoms with van der Waals surface area (Å²) in [6.07, 6.45) is 0. The van der Waals surface area contributed by atoms with E-state index in [0.29, 0.717) is 29.7 Å². The molecule has 118 valence electrons. The normalized spacial score (nSPS) is 10.2. The predicted molar refractivity (Wildman–Crippen MR) is 89.5 cm³/mol. The number of hydrogen-bond donors (Lipinski definition) is 1. The topological polar surface area (TPSA) is 39.7 Å². The summed E-state index contributed by atoms with van der Waals surface area (Å²) in [4.78, 5) is 0. The Kier molecular flexibility index (Phi) is 5.78. The third-order valence-corrected chi connectivity index (χ3v) is 3.56. The van der Waals surface area contributed by atoms with Crippen molar-refractivity contribution in [1.29, 1.82) is 0 Å². The van der Waals surface area contributed by atoms with Gasteiger partial charge >= 0.3 is 0 Å². The van der Waals surface area contributed by atoms with Crippen LogP contribution in [0.5, 0.6) is 17.2 Å². The predicted octanol–water partition coefficient (Wildman–Crippen LogP) is 4.37. The molecule has 0 saturated heterocycles. The van der Waals surface area contributed by atoms with E-state index in [1.165, 1.54) is 0 Å². The van der Waals surface area contributed by atoms with Gasteiger partial charge in [-0.05, 0) is 42.8 Å². The monoisotopic (exact) mass is 321 g/mol. The first-order valence-corrected chi connectivity index (χ1v) is 7.42. The van der Waals surface area contributed by atoms with Crippen LogP contribution < -0.4 is 19.5 Å². The molecule has 0 aliphatic carbocycles. The molecule has 0 aliphatic heterocycles. The average Bonchev–Trinajstić information content (AvgIpc) is 2.55. The van der Waals surface area contributed by atoms with Gasteiger partial charge in [-0.15, -0.1) is 0 Å². The minimum Gasteiger partial charge on any atom is -0.497 e. The zero-order chi connectivity index (χ0) is 15.9. The number of nitrogens with one attached hydrogen (secondary N) is 1. The number of anilines is 1. The minimum absolute atomic E-state index is 0.573. The molecule has 2 rings (SSSR count). The molecule has 5 heteroatoms. The third-order valence-electron chi connectivity index (χ3n) is 3.21. The summed E-state index contributed by atoms with van der Waals surface area (Å²) in [5, 5.41) is 3.96. The minimum atomic E-state index is 0.573. The quantitative estimate of drug-likeness (QED) is 0.822. The van der Waals surface area contributed by atoms with Crippen molar-refractivity contribution in [3.05, 3.63) is 47.0 Å². The molecular weight excluding hydrogens is 302 g/mol. The van der Waals surface area contributed by atoms with E-state index in [9.17, 15) is 0 Å². The third kappa shape index (κ3) is 3.98. The van der Waals surface area contributed by atoms with Crippen LogP contribution in [0.25, 0.3) is 0 Å². The Labute approximate surface area is 136 Å². The second-order valence-electron chi connectivity index (χ2n) is 4.61. The lowest BCUT2D eigenvalue weighted by molar-refractivity contribution is 0.310. The number of ether oxygens (including phenoxy) is 3. The highest BCUT2D eigenvalue weighted by atomic mass is 35.5. The lowest BCUT2D eigenvalue weighted by atomic mass is 10.2. The second-order valence-corrected chi connectivity index (χ2v) is 5.02. The first-order valence-electron chi connectivity index (χ1n) is 7.05. The molecule has 0 radical (unpaired) electrons. The van der Waals surface area contributed by atoms with Gasteiger partial charge in [0.25, 0.3) is 0 Å². The van der Waals surface area contributed by atoms with E-state index in [-0.39, 0.29) is 0 Å². The standard InChI is InChI=1S/C17H20ClNO3/c1-4-22-17-9-12(15(18)10-16(17)21-3)11-19-13-5-7-14(20-2)8-6-13/h5-10,19H,4,11H2,1-3H3. The molecule has 0 saturated carbocycles. The Morgan fingerprint density at radius 3 is 2.32 bits per heavy atom. The van der Waals surface area contributed by atoms with Gasteiger partial charge in [0.05, 0.1) is 20.8 Å². The maximum atomic E-state index is 6.30. The van der Waals surface area contributed by atoms with E-state index in [2.05, 4.69) is 5.32 Å². The number of hydrogen-bond acceptors (Lipinski definition) is 4. The largest absolute Gasteiger partial charge is 0.497 e. The van der Waals surface area contributed by atoms with E-state index in [4.69, 9.17) is 25.8 Å². The maximum absolute atomic E-state index is 6.30. The van der Waals surface area contributed by atoms with E-state index < -0.39 is 0 Å². The summed E-state index contributed by atoms with van der Waals surface area (Å²) in [6.45, 7) is 3.10. The molecule has 0 aromatic heterocycles. The Hall–Kier alpha value is -2.07. The summed E-state index contributed by atoms with van der Waals surface area (Å²) in [6, 6.07) is 11.4. The van der Waals surface area contributed by atoms with Crippen LogP contribution in [0.15, 0.2) is 36.4 Å². The summed E-state index contributed by atoms with van der Waals surface area (Å²) >= 11 is 6.30. The lowest BCUT2D eigenvalue weighted by Crippen LogP contribution is -2.02. The molecule has 4 nitrogen and oxygen atoms in total. The van der Waals surface area contributed by atoms with Gasteiger partial charge in [-0.3, -0.25) is 0 Å². The molecule has 0 bridgehead atoms. The second kappa shape index (κ2) is 7.80. The van der Waals surface area contributed by atoms with Gasteiger partial charge in [-0.25, -0.2) is 0 Å². The smallest absolute Gasteiger partial charge is 0.162 e. The fourth-order valence-electron chi connectivity index (χ4n) is 2.05. The molecule has 2 aromatic carbocycles. The van der Waals surface area contributed by atoms with E-state index in [1.54, 1.807) is 20.3 Å². The summed E-state index contributed by atoms with van der Waals surface area (Å²) in [5.74, 6) is 2.16. The van der Waals surface area contributed by atoms with Crippen LogP contribution in [0, 0.1) is 0 Å². The first kappa shape index (κ1) is 16.3. The van der Waals surface area contributed by atoms with Gasteiger partial charge in [0.1, 0.15) is 5.75 Å². The highest BCUT2D eigenvalue weighted by Gasteiger charge is 2.10. The summed E-state index contributed by atoms with van der Waals surface area (Å²) in [7, 11) is 3.25. The SMILES string of the molecule is CCOc1cc(CNc2ccc(OC)cc2)c(Cl)cc1OC. The molecule has 0 unspecified atom stereocenters. The molecule has 0 heterocycles. The average molecular weight is 322 g/mol. The van der Waals surface area contributed by atoms with Crippen molar-refractivity contribution in [3.8, 4) is 17.2 Å². The van der Waals surface area contributed by atoms with Crippen LogP contribution >= 0.6 is 11.6 Å². The van der Waals surface area contributed by atoms with Crippen molar-refractivity contribution in [3.63, 3.8) is 0 Å². The van der Waals surface area contributed by atoms with Crippen LogP contribution in [0.3, 0.4) is 0 Å². The van der Waals surface area contributed by atoms with Crippen LogP contribution in [0.1, 0.15) is 12.5 Å². The Balaban J connectivity index is 2.12. The molecule has 0 atom stereocenters. The summed E-state index contributed by atoms with van der Waals surface area (Å²) < 4.78 is 16.0. The van der Waals surface area contributed by atoms with Crippen molar-refractivity contribution in [2.24, 2.45) is 0 Å². The molecular formula is C17H20ClNO3. The van der Waals surface area contributed by atoms with Crippen molar-refractivity contribution < 1.29 is 14.2 Å². The van der Waals surface area contributed by atoms with E-state index in [1.807, 2.05) is 37.3 Å². The van der Waals surface area contributed by atoms with Crippen LogP contribution in [-0.4, -0.2) is 20.8 Å². The first-order chi connectivity index (χ1) is 10.7. The van der Waals surface area contributed by atoms with Crippen LogP contribution in [0.2, 0.25) is 5.02 Å². The fraction of sp³-hybridized carbons (Fsp3) is 0.294. The zero-order valence-electron chi connectivity index (χ0n) is 13.0.